The molecule has 182 valence electrons. The molecule has 35 heavy (non-hydrogen) atoms. The SMILES string of the molecule is COc1cc(OC)cc(C(=O)N/N=C\c2cc(I)c(OCc3ccc([N+](=O)[O-])cc3)c(OC)c2)c1. The minimum absolute atomic E-state index is 0.0159. The van der Waals surface area contributed by atoms with Crippen LogP contribution in [0.1, 0.15) is 21.5 Å². The Morgan fingerprint density at radius 3 is 2.26 bits per heavy atom. The fourth-order valence-electron chi connectivity index (χ4n) is 2.99. The average molecular weight is 591 g/mol. The van der Waals surface area contributed by atoms with Crippen molar-refractivity contribution < 1.29 is 28.7 Å². The van der Waals surface area contributed by atoms with E-state index in [1.54, 1.807) is 36.4 Å². The van der Waals surface area contributed by atoms with Crippen molar-refractivity contribution in [2.75, 3.05) is 21.3 Å². The molecule has 0 spiro atoms. The number of carbonyl (C=O) groups excluding carboxylic acids is 1. The number of non-ortho nitro benzene ring substituents is 1. The van der Waals surface area contributed by atoms with Gasteiger partial charge in [-0.25, -0.2) is 5.43 Å². The predicted molar refractivity (Wildman–Crippen MR) is 138 cm³/mol. The van der Waals surface area contributed by atoms with Crippen molar-refractivity contribution in [2.24, 2.45) is 5.10 Å². The molecule has 0 aliphatic carbocycles. The Bertz CT molecular complexity index is 1220. The smallest absolute Gasteiger partial charge is 0.271 e. The molecule has 11 heteroatoms. The van der Waals surface area contributed by atoms with E-state index in [1.165, 1.54) is 39.7 Å². The maximum Gasteiger partial charge on any atom is 0.271 e. The molecule has 0 saturated heterocycles. The van der Waals surface area contributed by atoms with Crippen molar-refractivity contribution in [1.29, 1.82) is 0 Å². The first-order chi connectivity index (χ1) is 16.8. The molecule has 3 rings (SSSR count). The highest BCUT2D eigenvalue weighted by Crippen LogP contribution is 2.34. The molecule has 3 aromatic carbocycles. The van der Waals surface area contributed by atoms with E-state index in [-0.39, 0.29) is 12.3 Å². The van der Waals surface area contributed by atoms with Gasteiger partial charge in [-0.1, -0.05) is 0 Å². The molecule has 0 aromatic heterocycles. The summed E-state index contributed by atoms with van der Waals surface area (Å²) in [6.45, 7) is 0.206. The summed E-state index contributed by atoms with van der Waals surface area (Å²) in [4.78, 5) is 22.8. The van der Waals surface area contributed by atoms with E-state index in [1.807, 2.05) is 6.07 Å². The Labute approximate surface area is 215 Å². The minimum Gasteiger partial charge on any atom is -0.497 e. The van der Waals surface area contributed by atoms with Gasteiger partial charge in [0.25, 0.3) is 11.6 Å². The Kier molecular flexibility index (Phi) is 8.84. The van der Waals surface area contributed by atoms with Crippen LogP contribution in [0, 0.1) is 13.7 Å². The molecule has 0 saturated carbocycles. The fraction of sp³-hybridized carbons (Fsp3) is 0.167. The zero-order valence-corrected chi connectivity index (χ0v) is 21.3. The monoisotopic (exact) mass is 591 g/mol. The number of rotatable bonds is 10. The van der Waals surface area contributed by atoms with Crippen molar-refractivity contribution in [1.82, 2.24) is 5.43 Å². The van der Waals surface area contributed by atoms with Gasteiger partial charge in [-0.05, 0) is 70.1 Å². The van der Waals surface area contributed by atoms with E-state index in [2.05, 4.69) is 33.1 Å². The lowest BCUT2D eigenvalue weighted by Gasteiger charge is -2.13. The highest BCUT2D eigenvalue weighted by molar-refractivity contribution is 14.1. The van der Waals surface area contributed by atoms with Crippen molar-refractivity contribution in [3.8, 4) is 23.0 Å². The maximum absolute atomic E-state index is 12.5. The third-order valence-corrected chi connectivity index (χ3v) is 5.58. The van der Waals surface area contributed by atoms with E-state index in [0.29, 0.717) is 34.1 Å². The number of carbonyl (C=O) groups is 1. The van der Waals surface area contributed by atoms with Gasteiger partial charge in [-0.3, -0.25) is 14.9 Å². The van der Waals surface area contributed by atoms with Gasteiger partial charge in [-0.15, -0.1) is 0 Å². The number of hydrazone groups is 1. The number of hydrogen-bond donors (Lipinski definition) is 1. The van der Waals surface area contributed by atoms with Gasteiger partial charge in [0.05, 0.1) is 36.0 Å². The number of halogens is 1. The molecule has 1 amide bonds. The van der Waals surface area contributed by atoms with Crippen LogP contribution in [0.4, 0.5) is 5.69 Å². The van der Waals surface area contributed by atoms with Crippen LogP contribution in [0.25, 0.3) is 0 Å². The number of nitrogens with zero attached hydrogens (tertiary/aromatic N) is 2. The molecule has 0 atom stereocenters. The standard InChI is InChI=1S/C24H22IN3O7/c1-32-19-10-17(11-20(12-19)33-2)24(29)27-26-13-16-8-21(25)23(22(9-16)34-3)35-14-15-4-6-18(7-5-15)28(30)31/h4-13H,14H2,1-3H3,(H,27,29)/b26-13-. The van der Waals surface area contributed by atoms with Crippen LogP contribution < -0.4 is 24.4 Å². The second-order valence-corrected chi connectivity index (χ2v) is 8.21. The average Bonchev–Trinajstić information content (AvgIpc) is 2.87. The fourth-order valence-corrected chi connectivity index (χ4v) is 3.77. The van der Waals surface area contributed by atoms with E-state index in [4.69, 9.17) is 18.9 Å². The summed E-state index contributed by atoms with van der Waals surface area (Å²) >= 11 is 2.11. The number of ether oxygens (including phenoxy) is 4. The molecule has 0 fully saturated rings. The maximum atomic E-state index is 12.5. The van der Waals surface area contributed by atoms with Crippen LogP contribution in [-0.2, 0) is 6.61 Å². The zero-order chi connectivity index (χ0) is 25.4. The lowest BCUT2D eigenvalue weighted by Crippen LogP contribution is -2.17. The summed E-state index contributed by atoms with van der Waals surface area (Å²) in [5.41, 5.74) is 4.28. The first-order valence-electron chi connectivity index (χ1n) is 10.1. The molecule has 1 N–H and O–H groups in total. The van der Waals surface area contributed by atoms with E-state index >= 15 is 0 Å². The second-order valence-electron chi connectivity index (χ2n) is 7.05. The highest BCUT2D eigenvalue weighted by Gasteiger charge is 2.13. The summed E-state index contributed by atoms with van der Waals surface area (Å²) in [6, 6.07) is 14.5. The number of nitrogens with one attached hydrogen (secondary N) is 1. The molecule has 0 heterocycles. The number of hydrogen-bond acceptors (Lipinski definition) is 8. The summed E-state index contributed by atoms with van der Waals surface area (Å²) < 4.78 is 22.5. The van der Waals surface area contributed by atoms with Crippen LogP contribution in [-0.4, -0.2) is 38.4 Å². The first-order valence-corrected chi connectivity index (χ1v) is 11.2. The van der Waals surface area contributed by atoms with Crippen molar-refractivity contribution in [2.45, 2.75) is 6.61 Å². The van der Waals surface area contributed by atoms with Gasteiger partial charge in [0.1, 0.15) is 18.1 Å². The lowest BCUT2D eigenvalue weighted by molar-refractivity contribution is -0.384. The second kappa shape index (κ2) is 12.0. The summed E-state index contributed by atoms with van der Waals surface area (Å²) in [7, 11) is 4.52. The van der Waals surface area contributed by atoms with E-state index < -0.39 is 10.8 Å². The quantitative estimate of drug-likeness (QED) is 0.159. The van der Waals surface area contributed by atoms with Crippen LogP contribution in [0.3, 0.4) is 0 Å². The molecular formula is C24H22IN3O7. The number of nitro groups is 1. The molecule has 0 aliphatic rings. The minimum atomic E-state index is -0.452. The number of benzene rings is 3. The first kappa shape index (κ1) is 25.7. The van der Waals surface area contributed by atoms with E-state index in [9.17, 15) is 14.9 Å². The molecule has 0 bridgehead atoms. The molecule has 0 aliphatic heterocycles. The zero-order valence-electron chi connectivity index (χ0n) is 19.1. The Morgan fingerprint density at radius 1 is 1.03 bits per heavy atom. The number of methoxy groups -OCH3 is 3. The van der Waals surface area contributed by atoms with Crippen LogP contribution in [0.2, 0.25) is 0 Å². The van der Waals surface area contributed by atoms with Gasteiger partial charge in [0.2, 0.25) is 0 Å². The largest absolute Gasteiger partial charge is 0.497 e. The number of amides is 1. The molecular weight excluding hydrogens is 569 g/mol. The van der Waals surface area contributed by atoms with Crippen molar-refractivity contribution in [3.05, 3.63) is 85.0 Å². The van der Waals surface area contributed by atoms with Gasteiger partial charge >= 0.3 is 0 Å². The third-order valence-electron chi connectivity index (χ3n) is 4.78. The van der Waals surface area contributed by atoms with Gasteiger partial charge < -0.3 is 18.9 Å². The summed E-state index contributed by atoms with van der Waals surface area (Å²) in [5, 5.41) is 14.8. The topological polar surface area (TPSA) is 122 Å². The lowest BCUT2D eigenvalue weighted by atomic mass is 10.2. The number of nitro benzene ring substituents is 1. The predicted octanol–water partition coefficient (Wildman–Crippen LogP) is 4.57. The Hall–Kier alpha value is -3.87. The van der Waals surface area contributed by atoms with Gasteiger partial charge in [0, 0.05) is 23.8 Å². The normalized spacial score (nSPS) is 10.6. The van der Waals surface area contributed by atoms with Crippen molar-refractivity contribution >= 4 is 40.4 Å². The molecule has 0 unspecified atom stereocenters. The van der Waals surface area contributed by atoms with Crippen LogP contribution >= 0.6 is 22.6 Å². The Balaban J connectivity index is 1.69. The van der Waals surface area contributed by atoms with Gasteiger partial charge in [-0.2, -0.15) is 5.10 Å². The summed E-state index contributed by atoms with van der Waals surface area (Å²) in [6.07, 6.45) is 1.49. The third kappa shape index (κ3) is 6.82. The molecule has 3 aromatic rings. The van der Waals surface area contributed by atoms with Crippen LogP contribution in [0.5, 0.6) is 23.0 Å². The van der Waals surface area contributed by atoms with Crippen molar-refractivity contribution in [3.63, 3.8) is 0 Å². The summed E-state index contributed by atoms with van der Waals surface area (Å²) in [5.74, 6) is 1.55. The van der Waals surface area contributed by atoms with Gasteiger partial charge in [0.15, 0.2) is 11.5 Å². The van der Waals surface area contributed by atoms with E-state index in [0.717, 1.165) is 9.13 Å². The van der Waals surface area contributed by atoms with Crippen LogP contribution in [0.15, 0.2) is 59.7 Å². The highest BCUT2D eigenvalue weighted by atomic mass is 127. The Morgan fingerprint density at radius 2 is 1.69 bits per heavy atom. The molecule has 10 nitrogen and oxygen atoms in total. The molecule has 0 radical (unpaired) electrons.